The van der Waals surface area contributed by atoms with Gasteiger partial charge in [-0.3, -0.25) is 9.59 Å². The Balaban J connectivity index is 1.01. The van der Waals surface area contributed by atoms with E-state index >= 15 is 0 Å². The molecule has 2 aromatic carbocycles. The number of piperidine rings is 1. The summed E-state index contributed by atoms with van der Waals surface area (Å²) >= 11 is 0. The van der Waals surface area contributed by atoms with E-state index in [2.05, 4.69) is 15.2 Å². The monoisotopic (exact) mass is 493 g/mol. The lowest BCUT2D eigenvalue weighted by Crippen LogP contribution is -2.39. The summed E-state index contributed by atoms with van der Waals surface area (Å²) in [5.41, 5.74) is 1.84. The van der Waals surface area contributed by atoms with Crippen molar-refractivity contribution in [3.05, 3.63) is 71.4 Å². The number of aromatic nitrogens is 1. The predicted molar refractivity (Wildman–Crippen MR) is 136 cm³/mol. The van der Waals surface area contributed by atoms with E-state index in [1.165, 1.54) is 24.3 Å². The van der Waals surface area contributed by atoms with E-state index in [1.807, 2.05) is 0 Å². The lowest BCUT2D eigenvalue weighted by atomic mass is 9.83. The third-order valence-electron chi connectivity index (χ3n) is 7.95. The second-order valence-electron chi connectivity index (χ2n) is 10.4. The molecule has 1 saturated heterocycles. The Hall–Kier alpha value is -3.06. The number of rotatable bonds is 7. The van der Waals surface area contributed by atoms with Gasteiger partial charge in [-0.05, 0) is 119 Å². The van der Waals surface area contributed by atoms with Gasteiger partial charge in [0.1, 0.15) is 17.3 Å². The zero-order chi connectivity index (χ0) is 25.1. The van der Waals surface area contributed by atoms with Crippen molar-refractivity contribution in [3.8, 4) is 0 Å². The van der Waals surface area contributed by atoms with Gasteiger partial charge in [0.25, 0.3) is 5.91 Å². The second-order valence-corrected chi connectivity index (χ2v) is 10.4. The van der Waals surface area contributed by atoms with Gasteiger partial charge >= 0.3 is 0 Å². The average molecular weight is 494 g/mol. The SMILES string of the molecule is O=C(N[C@H]1CC[C@H](CCN2CCC(C(=O)c3ccc(F)cc3)CC2)CC1)c1cc2cc(F)ccc2[nH]1. The Morgan fingerprint density at radius 3 is 2.31 bits per heavy atom. The van der Waals surface area contributed by atoms with Crippen LogP contribution in [0.1, 0.15) is 65.8 Å². The standard InChI is InChI=1S/C29H33F2N3O2/c30-23-5-3-20(4-6-23)28(35)21-12-15-34(16-13-21)14-11-19-1-8-25(9-2-19)32-29(36)27-18-22-17-24(31)7-10-26(22)33-27/h3-7,10,17-19,21,25,33H,1-2,8-9,11-16H2,(H,32,36)/t19-,25-. The van der Waals surface area contributed by atoms with Gasteiger partial charge < -0.3 is 15.2 Å². The number of carbonyl (C=O) groups is 2. The van der Waals surface area contributed by atoms with Crippen LogP contribution in [-0.2, 0) is 0 Å². The first kappa shape index (κ1) is 24.6. The first-order chi connectivity index (χ1) is 17.4. The highest BCUT2D eigenvalue weighted by atomic mass is 19.1. The molecule has 36 heavy (non-hydrogen) atoms. The number of amides is 1. The quantitative estimate of drug-likeness (QED) is 0.414. The van der Waals surface area contributed by atoms with Crippen LogP contribution in [0.2, 0.25) is 0 Å². The van der Waals surface area contributed by atoms with E-state index in [0.717, 1.165) is 70.1 Å². The van der Waals surface area contributed by atoms with Crippen LogP contribution >= 0.6 is 0 Å². The van der Waals surface area contributed by atoms with E-state index < -0.39 is 0 Å². The number of ketones is 1. The van der Waals surface area contributed by atoms with Gasteiger partial charge in [0.2, 0.25) is 0 Å². The summed E-state index contributed by atoms with van der Waals surface area (Å²) < 4.78 is 26.5. The van der Waals surface area contributed by atoms with Crippen LogP contribution in [0.5, 0.6) is 0 Å². The number of Topliss-reactive ketones (excluding diaryl/α,β-unsaturated/α-hetero) is 1. The summed E-state index contributed by atoms with van der Waals surface area (Å²) in [6.07, 6.45) is 7.00. The Morgan fingerprint density at radius 1 is 0.889 bits per heavy atom. The Morgan fingerprint density at radius 2 is 1.58 bits per heavy atom. The Bertz CT molecular complexity index is 1210. The van der Waals surface area contributed by atoms with Gasteiger partial charge in [0.05, 0.1) is 0 Å². The lowest BCUT2D eigenvalue weighted by molar-refractivity contribution is 0.0832. The minimum absolute atomic E-state index is 0.0297. The summed E-state index contributed by atoms with van der Waals surface area (Å²) in [5, 5.41) is 3.84. The second kappa shape index (κ2) is 10.9. The normalized spacial score (nSPS) is 21.5. The highest BCUT2D eigenvalue weighted by Gasteiger charge is 2.27. The van der Waals surface area contributed by atoms with Gasteiger partial charge in [-0.1, -0.05) is 0 Å². The summed E-state index contributed by atoms with van der Waals surface area (Å²) in [6, 6.07) is 12.2. The fraction of sp³-hybridized carbons (Fsp3) is 0.448. The van der Waals surface area contributed by atoms with Gasteiger partial charge in [0, 0.05) is 28.4 Å². The van der Waals surface area contributed by atoms with E-state index in [-0.39, 0.29) is 35.3 Å². The molecule has 1 aromatic heterocycles. The van der Waals surface area contributed by atoms with Crippen LogP contribution < -0.4 is 5.32 Å². The molecule has 0 radical (unpaired) electrons. The largest absolute Gasteiger partial charge is 0.351 e. The number of fused-ring (bicyclic) bond motifs is 1. The van der Waals surface area contributed by atoms with Crippen molar-refractivity contribution in [2.45, 2.75) is 51.0 Å². The highest BCUT2D eigenvalue weighted by molar-refractivity contribution is 5.98. The number of halogens is 2. The van der Waals surface area contributed by atoms with Gasteiger partial charge in [-0.2, -0.15) is 0 Å². The molecule has 0 spiro atoms. The van der Waals surface area contributed by atoms with Crippen LogP contribution in [-0.4, -0.2) is 47.3 Å². The predicted octanol–water partition coefficient (Wildman–Crippen LogP) is 5.72. The van der Waals surface area contributed by atoms with Crippen LogP contribution in [0.15, 0.2) is 48.5 Å². The molecule has 0 unspecified atom stereocenters. The summed E-state index contributed by atoms with van der Waals surface area (Å²) in [4.78, 5) is 30.9. The summed E-state index contributed by atoms with van der Waals surface area (Å²) in [6.45, 7) is 2.90. The molecule has 3 aromatic rings. The molecule has 1 aliphatic heterocycles. The smallest absolute Gasteiger partial charge is 0.267 e. The molecule has 2 fully saturated rings. The number of H-pyrrole nitrogens is 1. The molecule has 2 heterocycles. The highest BCUT2D eigenvalue weighted by Crippen LogP contribution is 2.29. The number of carbonyl (C=O) groups excluding carboxylic acids is 2. The Labute approximate surface area is 210 Å². The number of benzene rings is 2. The fourth-order valence-corrected chi connectivity index (χ4v) is 5.72. The first-order valence-corrected chi connectivity index (χ1v) is 13.1. The maximum absolute atomic E-state index is 13.4. The molecular formula is C29H33F2N3O2. The number of likely N-dealkylation sites (tertiary alicyclic amines) is 1. The molecule has 2 aliphatic rings. The van der Waals surface area contributed by atoms with Crippen molar-refractivity contribution >= 4 is 22.6 Å². The molecule has 1 aliphatic carbocycles. The zero-order valence-corrected chi connectivity index (χ0v) is 20.4. The van der Waals surface area contributed by atoms with Crippen molar-refractivity contribution in [1.29, 1.82) is 0 Å². The van der Waals surface area contributed by atoms with E-state index in [9.17, 15) is 18.4 Å². The van der Waals surface area contributed by atoms with E-state index in [4.69, 9.17) is 0 Å². The zero-order valence-electron chi connectivity index (χ0n) is 20.4. The minimum atomic E-state index is -0.315. The molecular weight excluding hydrogens is 460 g/mol. The molecule has 5 rings (SSSR count). The number of nitrogens with one attached hydrogen (secondary N) is 2. The molecule has 1 saturated carbocycles. The third kappa shape index (κ3) is 5.84. The van der Waals surface area contributed by atoms with Crippen LogP contribution in [0.25, 0.3) is 10.9 Å². The maximum Gasteiger partial charge on any atom is 0.267 e. The number of aromatic amines is 1. The minimum Gasteiger partial charge on any atom is -0.351 e. The van der Waals surface area contributed by atoms with Crippen molar-refractivity contribution in [3.63, 3.8) is 0 Å². The molecule has 2 N–H and O–H groups in total. The number of nitrogens with zero attached hydrogens (tertiary/aromatic N) is 1. The molecule has 1 amide bonds. The van der Waals surface area contributed by atoms with Crippen molar-refractivity contribution in [2.75, 3.05) is 19.6 Å². The van der Waals surface area contributed by atoms with Crippen LogP contribution in [0.3, 0.4) is 0 Å². The van der Waals surface area contributed by atoms with Gasteiger partial charge in [-0.15, -0.1) is 0 Å². The molecule has 0 atom stereocenters. The van der Waals surface area contributed by atoms with Crippen molar-refractivity contribution in [2.24, 2.45) is 11.8 Å². The topological polar surface area (TPSA) is 65.2 Å². The lowest BCUT2D eigenvalue weighted by Gasteiger charge is -2.34. The molecule has 0 bridgehead atoms. The summed E-state index contributed by atoms with van der Waals surface area (Å²) in [5.74, 6) is 0.0667. The molecule has 7 heteroatoms. The number of hydrogen-bond donors (Lipinski definition) is 2. The molecule has 5 nitrogen and oxygen atoms in total. The van der Waals surface area contributed by atoms with Crippen molar-refractivity contribution in [1.82, 2.24) is 15.2 Å². The molecule has 190 valence electrons. The van der Waals surface area contributed by atoms with Gasteiger partial charge in [-0.25, -0.2) is 8.78 Å². The third-order valence-corrected chi connectivity index (χ3v) is 7.95. The first-order valence-electron chi connectivity index (χ1n) is 13.1. The van der Waals surface area contributed by atoms with E-state index in [1.54, 1.807) is 24.3 Å². The van der Waals surface area contributed by atoms with Gasteiger partial charge in [0.15, 0.2) is 5.78 Å². The van der Waals surface area contributed by atoms with Crippen LogP contribution in [0.4, 0.5) is 8.78 Å². The summed E-state index contributed by atoms with van der Waals surface area (Å²) in [7, 11) is 0. The van der Waals surface area contributed by atoms with Crippen LogP contribution in [0, 0.1) is 23.5 Å². The van der Waals surface area contributed by atoms with Crippen molar-refractivity contribution < 1.29 is 18.4 Å². The average Bonchev–Trinajstić information content (AvgIpc) is 3.32. The Kier molecular flexibility index (Phi) is 7.46. The fourth-order valence-electron chi connectivity index (χ4n) is 5.72. The maximum atomic E-state index is 13.4. The number of hydrogen-bond acceptors (Lipinski definition) is 3. The van der Waals surface area contributed by atoms with E-state index in [0.29, 0.717) is 22.6 Å².